The number of halogens is 2. The molecule has 0 spiro atoms. The molecule has 0 heterocycles. The van der Waals surface area contributed by atoms with E-state index in [9.17, 15) is 4.39 Å². The van der Waals surface area contributed by atoms with Crippen LogP contribution >= 0.6 is 22.6 Å². The number of nitrogens with two attached hydrogens (primary N) is 1. The zero-order chi connectivity index (χ0) is 11.4. The summed E-state index contributed by atoms with van der Waals surface area (Å²) < 4.78 is 13.8. The van der Waals surface area contributed by atoms with Gasteiger partial charge in [-0.2, -0.15) is 0 Å². The topological polar surface area (TPSA) is 38.0 Å². The second-order valence-corrected chi connectivity index (χ2v) is 5.18. The lowest BCUT2D eigenvalue weighted by Gasteiger charge is -2.19. The Balaban J connectivity index is 2.91. The van der Waals surface area contributed by atoms with Crippen LogP contribution in [0.1, 0.15) is 31.9 Å². The van der Waals surface area contributed by atoms with Crippen LogP contribution < -0.4 is 11.3 Å². The van der Waals surface area contributed by atoms with Gasteiger partial charge in [0.25, 0.3) is 0 Å². The molecule has 3 N–H and O–H groups in total. The molecule has 4 heteroatoms. The Morgan fingerprint density at radius 2 is 2.13 bits per heavy atom. The molecule has 1 atom stereocenters. The lowest BCUT2D eigenvalue weighted by atomic mass is 9.98. The second-order valence-electron chi connectivity index (χ2n) is 4.01. The number of benzene rings is 1. The van der Waals surface area contributed by atoms with Crippen molar-refractivity contribution in [2.24, 2.45) is 11.8 Å². The Morgan fingerprint density at radius 3 is 2.60 bits per heavy atom. The predicted molar refractivity (Wildman–Crippen MR) is 68.6 cm³/mol. The first-order valence-corrected chi connectivity index (χ1v) is 6.03. The zero-order valence-electron chi connectivity index (χ0n) is 8.93. The smallest absolute Gasteiger partial charge is 0.124 e. The van der Waals surface area contributed by atoms with Gasteiger partial charge >= 0.3 is 0 Å². The number of hydrazine groups is 1. The van der Waals surface area contributed by atoms with Crippen LogP contribution in [0.3, 0.4) is 0 Å². The minimum atomic E-state index is -0.205. The minimum absolute atomic E-state index is 0.0949. The maximum absolute atomic E-state index is 12.9. The van der Waals surface area contributed by atoms with E-state index < -0.39 is 0 Å². The van der Waals surface area contributed by atoms with Gasteiger partial charge < -0.3 is 0 Å². The highest BCUT2D eigenvalue weighted by atomic mass is 127. The summed E-state index contributed by atoms with van der Waals surface area (Å²) in [5.74, 6) is 5.86. The van der Waals surface area contributed by atoms with Crippen LogP contribution in [0, 0.1) is 15.3 Å². The highest BCUT2D eigenvalue weighted by Crippen LogP contribution is 2.25. The van der Waals surface area contributed by atoms with Gasteiger partial charge in [0.05, 0.1) is 0 Å². The van der Waals surface area contributed by atoms with Crippen molar-refractivity contribution >= 4 is 22.6 Å². The average molecular weight is 322 g/mol. The number of nitrogens with one attached hydrogen (secondary N) is 1. The molecule has 0 aliphatic heterocycles. The molecule has 0 saturated carbocycles. The lowest BCUT2D eigenvalue weighted by Crippen LogP contribution is -2.29. The zero-order valence-corrected chi connectivity index (χ0v) is 11.1. The van der Waals surface area contributed by atoms with Crippen LogP contribution in [0.2, 0.25) is 0 Å². The molecule has 0 aromatic heterocycles. The summed E-state index contributed by atoms with van der Waals surface area (Å²) in [6, 6.07) is 4.89. The lowest BCUT2D eigenvalue weighted by molar-refractivity contribution is 0.436. The van der Waals surface area contributed by atoms with E-state index in [1.807, 2.05) is 0 Å². The van der Waals surface area contributed by atoms with E-state index in [4.69, 9.17) is 5.84 Å². The second kappa shape index (κ2) is 5.77. The summed E-state index contributed by atoms with van der Waals surface area (Å²) in [4.78, 5) is 0. The van der Waals surface area contributed by atoms with E-state index in [0.29, 0.717) is 5.92 Å². The molecular weight excluding hydrogens is 306 g/mol. The Kier molecular flexibility index (Phi) is 4.95. The monoisotopic (exact) mass is 322 g/mol. The fraction of sp³-hybridized carbons (Fsp3) is 0.455. The van der Waals surface area contributed by atoms with Crippen LogP contribution in [-0.2, 0) is 0 Å². The van der Waals surface area contributed by atoms with E-state index >= 15 is 0 Å². The molecule has 0 fully saturated rings. The number of hydrogen-bond acceptors (Lipinski definition) is 2. The molecule has 15 heavy (non-hydrogen) atoms. The van der Waals surface area contributed by atoms with E-state index in [1.54, 1.807) is 6.07 Å². The van der Waals surface area contributed by atoms with Crippen LogP contribution in [0.4, 0.5) is 4.39 Å². The predicted octanol–water partition coefficient (Wildman–Crippen LogP) is 2.98. The normalized spacial score (nSPS) is 13.2. The number of rotatable bonds is 4. The summed E-state index contributed by atoms with van der Waals surface area (Å²) in [7, 11) is 0. The van der Waals surface area contributed by atoms with Gasteiger partial charge in [0.15, 0.2) is 0 Å². The van der Waals surface area contributed by atoms with Crippen molar-refractivity contribution in [3.05, 3.63) is 33.1 Å². The molecule has 1 aromatic rings. The van der Waals surface area contributed by atoms with Crippen LogP contribution in [0.25, 0.3) is 0 Å². The molecule has 0 saturated heterocycles. The Morgan fingerprint density at radius 1 is 1.47 bits per heavy atom. The fourth-order valence-electron chi connectivity index (χ4n) is 1.54. The van der Waals surface area contributed by atoms with E-state index in [0.717, 1.165) is 15.6 Å². The minimum Gasteiger partial charge on any atom is -0.271 e. The van der Waals surface area contributed by atoms with Gasteiger partial charge in [0.1, 0.15) is 5.82 Å². The third-order valence-corrected chi connectivity index (χ3v) is 3.18. The first-order chi connectivity index (χ1) is 7.04. The SMILES string of the molecule is CC(C)CC(NN)c1ccc(F)cc1I. The van der Waals surface area contributed by atoms with E-state index in [2.05, 4.69) is 41.9 Å². The maximum atomic E-state index is 12.9. The highest BCUT2D eigenvalue weighted by Gasteiger charge is 2.14. The van der Waals surface area contributed by atoms with E-state index in [1.165, 1.54) is 12.1 Å². The van der Waals surface area contributed by atoms with Crippen molar-refractivity contribution in [2.45, 2.75) is 26.3 Å². The van der Waals surface area contributed by atoms with Crippen LogP contribution in [0.5, 0.6) is 0 Å². The van der Waals surface area contributed by atoms with E-state index in [-0.39, 0.29) is 11.9 Å². The van der Waals surface area contributed by atoms with Crippen molar-refractivity contribution in [2.75, 3.05) is 0 Å². The molecule has 84 valence electrons. The molecule has 2 nitrogen and oxygen atoms in total. The van der Waals surface area contributed by atoms with Gasteiger partial charge in [-0.25, -0.2) is 4.39 Å². The van der Waals surface area contributed by atoms with Crippen LogP contribution in [0.15, 0.2) is 18.2 Å². The molecule has 1 rings (SSSR count). The largest absolute Gasteiger partial charge is 0.271 e. The Labute approximate surface area is 104 Å². The molecule has 1 aromatic carbocycles. The summed E-state index contributed by atoms with van der Waals surface area (Å²) in [6.07, 6.45) is 0.943. The van der Waals surface area contributed by atoms with Gasteiger partial charge in [-0.05, 0) is 52.6 Å². The van der Waals surface area contributed by atoms with Crippen molar-refractivity contribution in [1.82, 2.24) is 5.43 Å². The van der Waals surface area contributed by atoms with Crippen molar-refractivity contribution < 1.29 is 4.39 Å². The highest BCUT2D eigenvalue weighted by molar-refractivity contribution is 14.1. The molecule has 0 bridgehead atoms. The van der Waals surface area contributed by atoms with Crippen molar-refractivity contribution in [1.29, 1.82) is 0 Å². The standard InChI is InChI=1S/C11H16FIN2/c1-7(2)5-11(15-14)9-4-3-8(12)6-10(9)13/h3-4,6-7,11,15H,5,14H2,1-2H3. The van der Waals surface area contributed by atoms with Gasteiger partial charge in [-0.15, -0.1) is 0 Å². The molecule has 0 radical (unpaired) electrons. The third kappa shape index (κ3) is 3.70. The summed E-state index contributed by atoms with van der Waals surface area (Å²) >= 11 is 2.14. The summed E-state index contributed by atoms with van der Waals surface area (Å²) in [5, 5.41) is 0. The molecule has 0 aliphatic rings. The van der Waals surface area contributed by atoms with Crippen LogP contribution in [-0.4, -0.2) is 0 Å². The van der Waals surface area contributed by atoms with Gasteiger partial charge in [0.2, 0.25) is 0 Å². The van der Waals surface area contributed by atoms with Crippen molar-refractivity contribution in [3.63, 3.8) is 0 Å². The first-order valence-electron chi connectivity index (χ1n) is 4.95. The number of hydrogen-bond donors (Lipinski definition) is 2. The maximum Gasteiger partial charge on any atom is 0.124 e. The average Bonchev–Trinajstić information content (AvgIpc) is 2.14. The molecular formula is C11H16FIN2. The quantitative estimate of drug-likeness (QED) is 0.508. The molecule has 0 amide bonds. The van der Waals surface area contributed by atoms with Gasteiger partial charge in [0, 0.05) is 9.61 Å². The third-order valence-electron chi connectivity index (χ3n) is 2.25. The summed E-state index contributed by atoms with van der Waals surface area (Å²) in [5.41, 5.74) is 3.85. The molecule has 0 aliphatic carbocycles. The molecule has 1 unspecified atom stereocenters. The first kappa shape index (κ1) is 12.9. The Hall–Kier alpha value is -0.200. The Bertz CT molecular complexity index is 328. The fourth-order valence-corrected chi connectivity index (χ4v) is 2.39. The van der Waals surface area contributed by atoms with Gasteiger partial charge in [-0.1, -0.05) is 19.9 Å². The van der Waals surface area contributed by atoms with Gasteiger partial charge in [-0.3, -0.25) is 11.3 Å². The summed E-state index contributed by atoms with van der Waals surface area (Å²) in [6.45, 7) is 4.28. The van der Waals surface area contributed by atoms with Crippen molar-refractivity contribution in [3.8, 4) is 0 Å².